The maximum Gasteiger partial charge on any atom is 0.328 e. The van der Waals surface area contributed by atoms with Crippen molar-refractivity contribution >= 4 is 40.1 Å². The van der Waals surface area contributed by atoms with E-state index in [1.54, 1.807) is 36.2 Å². The summed E-state index contributed by atoms with van der Waals surface area (Å²) in [6.45, 7) is 10.5. The first-order valence-corrected chi connectivity index (χ1v) is 13.8. The van der Waals surface area contributed by atoms with Crippen LogP contribution in [0.4, 0.5) is 17.5 Å². The fourth-order valence-electron chi connectivity index (χ4n) is 5.37. The third-order valence-electron chi connectivity index (χ3n) is 7.51. The van der Waals surface area contributed by atoms with E-state index in [0.29, 0.717) is 35.7 Å². The Morgan fingerprint density at radius 3 is 2.76 bits per heavy atom. The van der Waals surface area contributed by atoms with Crippen molar-refractivity contribution in [3.05, 3.63) is 39.9 Å². The predicted molar refractivity (Wildman–Crippen MR) is 151 cm³/mol. The highest BCUT2D eigenvalue weighted by Crippen LogP contribution is 2.29. The SMILES string of the molecule is Cn1c(=O)n(CCC(C)(C)O)c2cc(Nc3nc(N4CCCC(CN5CCOCC5)C4)ncc3Cl)ccc21. The smallest absolute Gasteiger partial charge is 0.328 e. The first-order valence-electron chi connectivity index (χ1n) is 13.4. The van der Waals surface area contributed by atoms with Crippen LogP contribution in [-0.4, -0.2) is 80.6 Å². The summed E-state index contributed by atoms with van der Waals surface area (Å²) in [4.78, 5) is 27.0. The summed E-state index contributed by atoms with van der Waals surface area (Å²) in [5.41, 5.74) is 1.42. The molecule has 11 heteroatoms. The van der Waals surface area contributed by atoms with Gasteiger partial charge in [0.2, 0.25) is 5.95 Å². The molecule has 1 aromatic carbocycles. The number of anilines is 3. The summed E-state index contributed by atoms with van der Waals surface area (Å²) in [7, 11) is 1.76. The molecule has 2 fully saturated rings. The number of nitrogens with one attached hydrogen (secondary N) is 1. The molecule has 3 aromatic rings. The van der Waals surface area contributed by atoms with Crippen LogP contribution in [0.15, 0.2) is 29.2 Å². The number of fused-ring (bicyclic) bond motifs is 1. The Kier molecular flexibility index (Phi) is 7.95. The summed E-state index contributed by atoms with van der Waals surface area (Å²) in [5, 5.41) is 14.0. The molecular formula is C27H38ClN7O3. The lowest BCUT2D eigenvalue weighted by molar-refractivity contribution is 0.0296. The van der Waals surface area contributed by atoms with Gasteiger partial charge in [-0.2, -0.15) is 4.98 Å². The lowest BCUT2D eigenvalue weighted by atomic mass is 9.97. The highest BCUT2D eigenvalue weighted by Gasteiger charge is 2.25. The minimum Gasteiger partial charge on any atom is -0.390 e. The minimum absolute atomic E-state index is 0.111. The van der Waals surface area contributed by atoms with E-state index < -0.39 is 5.60 Å². The largest absolute Gasteiger partial charge is 0.390 e. The Morgan fingerprint density at radius 2 is 2.00 bits per heavy atom. The number of ether oxygens (including phenoxy) is 1. The van der Waals surface area contributed by atoms with Crippen molar-refractivity contribution in [3.8, 4) is 0 Å². The minimum atomic E-state index is -0.863. The first kappa shape index (κ1) is 26.9. The lowest BCUT2D eigenvalue weighted by Crippen LogP contribution is -2.45. The fourth-order valence-corrected chi connectivity index (χ4v) is 5.51. The van der Waals surface area contributed by atoms with Crippen molar-refractivity contribution in [1.29, 1.82) is 0 Å². The molecule has 0 aliphatic carbocycles. The molecule has 10 nitrogen and oxygen atoms in total. The van der Waals surface area contributed by atoms with Crippen LogP contribution in [0.2, 0.25) is 5.02 Å². The van der Waals surface area contributed by atoms with Gasteiger partial charge in [0.05, 0.1) is 36.0 Å². The number of hydrogen-bond donors (Lipinski definition) is 2. The number of aryl methyl sites for hydroxylation is 2. The number of imidazole rings is 1. The molecule has 0 spiro atoms. The lowest BCUT2D eigenvalue weighted by Gasteiger charge is -2.36. The van der Waals surface area contributed by atoms with Gasteiger partial charge in [0.25, 0.3) is 0 Å². The average Bonchev–Trinajstić information content (AvgIpc) is 3.13. The number of nitrogens with zero attached hydrogens (tertiary/aromatic N) is 6. The molecule has 0 radical (unpaired) electrons. The van der Waals surface area contributed by atoms with Gasteiger partial charge in [0, 0.05) is 52.0 Å². The third kappa shape index (κ3) is 6.14. The molecule has 0 bridgehead atoms. The van der Waals surface area contributed by atoms with Crippen LogP contribution < -0.4 is 15.9 Å². The highest BCUT2D eigenvalue weighted by atomic mass is 35.5. The Hall–Kier alpha value is -2.66. The van der Waals surface area contributed by atoms with E-state index in [4.69, 9.17) is 21.3 Å². The van der Waals surface area contributed by atoms with Gasteiger partial charge in [-0.25, -0.2) is 9.78 Å². The second kappa shape index (κ2) is 11.2. The molecule has 2 aliphatic rings. The van der Waals surface area contributed by atoms with Crippen molar-refractivity contribution in [2.75, 3.05) is 56.2 Å². The third-order valence-corrected chi connectivity index (χ3v) is 7.79. The Bertz CT molecular complexity index is 1330. The van der Waals surface area contributed by atoms with E-state index in [9.17, 15) is 9.90 Å². The number of piperidine rings is 1. The second-order valence-corrected chi connectivity index (χ2v) is 11.5. The Balaban J connectivity index is 1.34. The van der Waals surface area contributed by atoms with Crippen molar-refractivity contribution in [3.63, 3.8) is 0 Å². The molecule has 1 atom stereocenters. The van der Waals surface area contributed by atoms with E-state index in [1.165, 1.54) is 6.42 Å². The van der Waals surface area contributed by atoms with Crippen LogP contribution in [0.1, 0.15) is 33.1 Å². The molecule has 206 valence electrons. The molecule has 0 amide bonds. The average molecular weight is 544 g/mol. The topological polar surface area (TPSA) is 101 Å². The van der Waals surface area contributed by atoms with Crippen molar-refractivity contribution in [1.82, 2.24) is 24.0 Å². The van der Waals surface area contributed by atoms with Crippen LogP contribution in [-0.2, 0) is 18.3 Å². The Morgan fingerprint density at radius 1 is 1.21 bits per heavy atom. The molecule has 4 heterocycles. The van der Waals surface area contributed by atoms with Crippen LogP contribution in [0.25, 0.3) is 11.0 Å². The molecular weight excluding hydrogens is 506 g/mol. The van der Waals surface area contributed by atoms with Crippen LogP contribution in [0.5, 0.6) is 0 Å². The van der Waals surface area contributed by atoms with E-state index in [0.717, 1.165) is 69.1 Å². The van der Waals surface area contributed by atoms with Gasteiger partial charge in [-0.1, -0.05) is 11.6 Å². The number of aliphatic hydroxyl groups is 1. The van der Waals surface area contributed by atoms with Crippen LogP contribution >= 0.6 is 11.6 Å². The van der Waals surface area contributed by atoms with Gasteiger partial charge in [-0.15, -0.1) is 0 Å². The summed E-state index contributed by atoms with van der Waals surface area (Å²) >= 11 is 6.51. The van der Waals surface area contributed by atoms with Crippen molar-refractivity contribution in [2.45, 2.75) is 45.3 Å². The maximum absolute atomic E-state index is 12.9. The summed E-state index contributed by atoms with van der Waals surface area (Å²) in [6.07, 6.45) is 4.43. The van der Waals surface area contributed by atoms with E-state index in [-0.39, 0.29) is 5.69 Å². The standard InChI is InChI=1S/C27H38ClN7O3/c1-27(2,37)8-10-35-23-15-20(6-7-22(23)32(3)26(35)36)30-24-21(28)16-29-25(31-24)34-9-4-5-19(18-34)17-33-11-13-38-14-12-33/h6-7,15-16,19,37H,4-5,8-14,17-18H2,1-3H3,(H,29,30,31). The maximum atomic E-state index is 12.9. The molecule has 1 unspecified atom stereocenters. The van der Waals surface area contributed by atoms with Gasteiger partial charge < -0.3 is 20.1 Å². The monoisotopic (exact) mass is 543 g/mol. The van der Waals surface area contributed by atoms with E-state index >= 15 is 0 Å². The number of morpholine rings is 1. The first-order chi connectivity index (χ1) is 18.2. The van der Waals surface area contributed by atoms with E-state index in [1.807, 2.05) is 18.2 Å². The number of rotatable bonds is 8. The van der Waals surface area contributed by atoms with Crippen LogP contribution in [0, 0.1) is 5.92 Å². The van der Waals surface area contributed by atoms with Gasteiger partial charge in [0.1, 0.15) is 5.02 Å². The number of aromatic nitrogens is 4. The molecule has 38 heavy (non-hydrogen) atoms. The summed E-state index contributed by atoms with van der Waals surface area (Å²) in [5.74, 6) is 1.78. The fraction of sp³-hybridized carbons (Fsp3) is 0.593. The molecule has 0 saturated carbocycles. The van der Waals surface area contributed by atoms with Gasteiger partial charge >= 0.3 is 5.69 Å². The number of halogens is 1. The molecule has 2 aromatic heterocycles. The van der Waals surface area contributed by atoms with Crippen molar-refractivity contribution < 1.29 is 9.84 Å². The molecule has 2 saturated heterocycles. The highest BCUT2D eigenvalue weighted by molar-refractivity contribution is 6.32. The number of hydrogen-bond acceptors (Lipinski definition) is 8. The zero-order valence-electron chi connectivity index (χ0n) is 22.5. The number of benzene rings is 1. The summed E-state index contributed by atoms with van der Waals surface area (Å²) < 4.78 is 8.83. The van der Waals surface area contributed by atoms with Crippen molar-refractivity contribution in [2.24, 2.45) is 13.0 Å². The molecule has 2 N–H and O–H groups in total. The van der Waals surface area contributed by atoms with Gasteiger partial charge in [0.15, 0.2) is 5.82 Å². The zero-order chi connectivity index (χ0) is 26.9. The zero-order valence-corrected chi connectivity index (χ0v) is 23.2. The van der Waals surface area contributed by atoms with Gasteiger partial charge in [-0.3, -0.25) is 14.0 Å². The molecule has 5 rings (SSSR count). The normalized spacial score (nSPS) is 19.3. The second-order valence-electron chi connectivity index (χ2n) is 11.1. The quantitative estimate of drug-likeness (QED) is 0.446. The Labute approximate surface area is 228 Å². The summed E-state index contributed by atoms with van der Waals surface area (Å²) in [6, 6.07) is 5.76. The van der Waals surface area contributed by atoms with Crippen LogP contribution in [0.3, 0.4) is 0 Å². The van der Waals surface area contributed by atoms with Gasteiger partial charge in [-0.05, 0) is 57.2 Å². The van der Waals surface area contributed by atoms with E-state index in [2.05, 4.69) is 20.1 Å². The predicted octanol–water partition coefficient (Wildman–Crippen LogP) is 3.24. The molecule has 2 aliphatic heterocycles.